The van der Waals surface area contributed by atoms with Crippen molar-refractivity contribution in [3.8, 4) is 0 Å². The zero-order valence-corrected chi connectivity index (χ0v) is 23.1. The van der Waals surface area contributed by atoms with Crippen LogP contribution in [-0.2, 0) is 19.9 Å². The first-order valence-corrected chi connectivity index (χ1v) is 18.0. The number of hydrogen-bond acceptors (Lipinski definition) is 5. The van der Waals surface area contributed by atoms with Gasteiger partial charge in [0, 0.05) is 0 Å². The van der Waals surface area contributed by atoms with E-state index in [2.05, 4.69) is 71.8 Å². The van der Waals surface area contributed by atoms with Gasteiger partial charge in [0.15, 0.2) is 16.6 Å². The van der Waals surface area contributed by atoms with E-state index in [-0.39, 0.29) is 16.7 Å². The molecule has 5 nitrogen and oxygen atoms in total. The monoisotopic (exact) mass is 464 g/mol. The predicted molar refractivity (Wildman–Crippen MR) is 127 cm³/mol. The molecule has 1 heterocycles. The zero-order chi connectivity index (χ0) is 22.4. The Hall–Kier alpha value is -0.0362. The van der Waals surface area contributed by atoms with Crippen LogP contribution < -0.4 is 5.14 Å². The molecule has 164 valence electrons. The molecule has 1 unspecified atom stereocenters. The van der Waals surface area contributed by atoms with E-state index < -0.39 is 32.1 Å². The van der Waals surface area contributed by atoms with E-state index in [1.54, 1.807) is 13.0 Å². The maximum Gasteiger partial charge on any atom is 0.195 e. The maximum atomic E-state index is 13.2. The van der Waals surface area contributed by atoms with Gasteiger partial charge in [-0.15, -0.1) is 11.3 Å². The summed E-state index contributed by atoms with van der Waals surface area (Å²) in [5.41, 5.74) is -0.494. The molecule has 0 aliphatic rings. The third kappa shape index (κ3) is 5.99. The summed E-state index contributed by atoms with van der Waals surface area (Å²) >= 11 is 1.30. The van der Waals surface area contributed by atoms with Gasteiger partial charge in [-0.25, -0.2) is 9.35 Å². The largest absolute Gasteiger partial charge is 0.414 e. The van der Waals surface area contributed by atoms with Gasteiger partial charge < -0.3 is 9.53 Å². The minimum Gasteiger partial charge on any atom is -0.414 e. The molecule has 0 aliphatic carbocycles. The van der Waals surface area contributed by atoms with Crippen LogP contribution in [0.3, 0.4) is 0 Å². The fourth-order valence-corrected chi connectivity index (χ4v) is 9.22. The average molecular weight is 465 g/mol. The van der Waals surface area contributed by atoms with Crippen LogP contribution in [-0.4, -0.2) is 32.5 Å². The number of nitrogens with two attached hydrogens (primary N) is 1. The molecule has 0 bridgehead atoms. The van der Waals surface area contributed by atoms with Gasteiger partial charge in [-0.1, -0.05) is 41.5 Å². The molecule has 0 aliphatic heterocycles. The van der Waals surface area contributed by atoms with Crippen molar-refractivity contribution >= 4 is 37.8 Å². The summed E-state index contributed by atoms with van der Waals surface area (Å²) in [6.45, 7) is 23.3. The first kappa shape index (κ1) is 26.0. The van der Waals surface area contributed by atoms with Crippen LogP contribution in [0.25, 0.3) is 0 Å². The summed E-state index contributed by atoms with van der Waals surface area (Å²) in [4.78, 5) is 0. The molecule has 2 atom stereocenters. The number of hydrogen-bond donors (Lipinski definition) is 2. The van der Waals surface area contributed by atoms with Gasteiger partial charge >= 0.3 is 0 Å². The highest BCUT2D eigenvalue weighted by Gasteiger charge is 2.40. The normalized spacial score (nSPS) is 18.5. The van der Waals surface area contributed by atoms with Crippen molar-refractivity contribution in [3.05, 3.63) is 17.0 Å². The van der Waals surface area contributed by atoms with E-state index in [9.17, 15) is 9.32 Å². The third-order valence-corrected chi connectivity index (χ3v) is 19.7. The van der Waals surface area contributed by atoms with Crippen molar-refractivity contribution in [2.45, 2.75) is 94.5 Å². The molecule has 28 heavy (non-hydrogen) atoms. The Kier molecular flexibility index (Phi) is 7.34. The second-order valence-corrected chi connectivity index (χ2v) is 23.9. The lowest BCUT2D eigenvalue weighted by Crippen LogP contribution is -2.44. The third-order valence-electron chi connectivity index (χ3n) is 6.21. The van der Waals surface area contributed by atoms with Crippen molar-refractivity contribution < 1.29 is 13.7 Å². The number of aliphatic hydroxyl groups is 1. The van der Waals surface area contributed by atoms with Gasteiger partial charge in [-0.3, -0.25) is 4.03 Å². The Morgan fingerprint density at radius 3 is 2.04 bits per heavy atom. The number of rotatable bonds is 6. The molecule has 0 saturated carbocycles. The Balaban J connectivity index is 3.16. The fourth-order valence-electron chi connectivity index (χ4n) is 1.89. The molecular weight excluding hydrogens is 425 g/mol. The highest BCUT2D eigenvalue weighted by atomic mass is 32.2. The Labute approximate surface area is 178 Å². The summed E-state index contributed by atoms with van der Waals surface area (Å²) in [5.74, 6) is 0. The molecule has 0 amide bonds. The Morgan fingerprint density at radius 1 is 1.11 bits per heavy atom. The van der Waals surface area contributed by atoms with Crippen molar-refractivity contribution in [1.82, 2.24) is 0 Å². The highest BCUT2D eigenvalue weighted by molar-refractivity contribution is 7.94. The summed E-state index contributed by atoms with van der Waals surface area (Å²) in [6, 6.07) is 1.73. The molecule has 3 N–H and O–H groups in total. The summed E-state index contributed by atoms with van der Waals surface area (Å²) < 4.78 is 24.6. The SMILES string of the molecule is CC(C)(C)[Si](C)(C)N=S(N)(=O)c1cc([C@@](C)(O)CO[Si](C)(C)C(C)(C)C)cs1. The van der Waals surface area contributed by atoms with Gasteiger partial charge in [0.2, 0.25) is 0 Å². The first-order valence-electron chi connectivity index (χ1n) is 9.64. The fraction of sp³-hybridized carbons (Fsp3) is 0.789. The van der Waals surface area contributed by atoms with E-state index in [0.29, 0.717) is 9.77 Å². The van der Waals surface area contributed by atoms with Crippen molar-refractivity contribution in [2.75, 3.05) is 6.61 Å². The van der Waals surface area contributed by atoms with Crippen LogP contribution in [0.5, 0.6) is 0 Å². The lowest BCUT2D eigenvalue weighted by atomic mass is 10.0. The van der Waals surface area contributed by atoms with Crippen LogP contribution in [0.15, 0.2) is 19.7 Å². The number of thiophene rings is 1. The number of nitrogens with zero attached hydrogens (tertiary/aromatic N) is 1. The molecule has 1 rings (SSSR count). The molecule has 0 spiro atoms. The second kappa shape index (κ2) is 7.90. The quantitative estimate of drug-likeness (QED) is 0.531. The smallest absolute Gasteiger partial charge is 0.195 e. The van der Waals surface area contributed by atoms with E-state index >= 15 is 0 Å². The predicted octanol–water partition coefficient (Wildman–Crippen LogP) is 5.68. The topological polar surface area (TPSA) is 84.9 Å². The van der Waals surface area contributed by atoms with Gasteiger partial charge in [0.1, 0.15) is 19.7 Å². The van der Waals surface area contributed by atoms with Crippen molar-refractivity contribution in [1.29, 1.82) is 0 Å². The highest BCUT2D eigenvalue weighted by Crippen LogP contribution is 2.40. The summed E-state index contributed by atoms with van der Waals surface area (Å²) in [5, 5.41) is 19.0. The second-order valence-electron chi connectivity index (χ2n) is 10.9. The lowest BCUT2D eigenvalue weighted by molar-refractivity contribution is 0.00286. The lowest BCUT2D eigenvalue weighted by Gasteiger charge is -2.38. The molecule has 0 fully saturated rings. The van der Waals surface area contributed by atoms with Gasteiger partial charge in [0.25, 0.3) is 0 Å². The van der Waals surface area contributed by atoms with E-state index in [4.69, 9.17) is 9.56 Å². The minimum atomic E-state index is -3.00. The molecule has 9 heteroatoms. The Bertz CT molecular complexity index is 810. The van der Waals surface area contributed by atoms with Crippen molar-refractivity contribution in [3.63, 3.8) is 0 Å². The van der Waals surface area contributed by atoms with E-state index in [0.717, 1.165) is 0 Å². The van der Waals surface area contributed by atoms with Crippen LogP contribution in [0.4, 0.5) is 0 Å². The van der Waals surface area contributed by atoms with Crippen molar-refractivity contribution in [2.24, 2.45) is 9.17 Å². The van der Waals surface area contributed by atoms with Gasteiger partial charge in [-0.2, -0.15) is 0 Å². The maximum absolute atomic E-state index is 13.2. The van der Waals surface area contributed by atoms with E-state index in [1.165, 1.54) is 11.3 Å². The first-order chi connectivity index (χ1) is 12.1. The molecule has 0 radical (unpaired) electrons. The van der Waals surface area contributed by atoms with Crippen LogP contribution in [0, 0.1) is 0 Å². The molecule has 0 saturated heterocycles. The van der Waals surface area contributed by atoms with Gasteiger partial charge in [0.05, 0.1) is 6.61 Å². The Morgan fingerprint density at radius 2 is 1.61 bits per heavy atom. The summed E-state index contributed by atoms with van der Waals surface area (Å²) in [6.07, 6.45) is 0. The standard InChI is InChI=1S/C19H40N2O3S2Si2/c1-17(2,3)27(8,9)21-26(20,23)16-12-15(13-25-16)19(7,22)14-24-28(10,11)18(4,5)6/h12-13,22H,14H2,1-11H3,(H2,20,21,23)/t19-,26?/m0/s1. The van der Waals surface area contributed by atoms with Crippen LogP contribution in [0.1, 0.15) is 54.0 Å². The molecule has 0 aromatic carbocycles. The van der Waals surface area contributed by atoms with E-state index in [1.807, 2.05) is 5.38 Å². The minimum absolute atomic E-state index is 0.0440. The zero-order valence-electron chi connectivity index (χ0n) is 19.5. The summed E-state index contributed by atoms with van der Waals surface area (Å²) in [7, 11) is -7.15. The molecule has 1 aromatic heterocycles. The van der Waals surface area contributed by atoms with Crippen LogP contribution in [0.2, 0.25) is 36.3 Å². The molecule has 1 aromatic rings. The molecular formula is C19H40N2O3S2Si2. The average Bonchev–Trinajstić information content (AvgIpc) is 2.93. The van der Waals surface area contributed by atoms with Crippen LogP contribution >= 0.6 is 11.3 Å². The van der Waals surface area contributed by atoms with Gasteiger partial charge in [-0.05, 0) is 60.2 Å².